The average molecular weight is 323 g/mol. The van der Waals surface area contributed by atoms with Crippen LogP contribution < -0.4 is 9.72 Å². The molecule has 3 N–H and O–H groups in total. The zero-order valence-electron chi connectivity index (χ0n) is 14.0. The van der Waals surface area contributed by atoms with Crippen LogP contribution in [-0.2, 0) is 6.42 Å². The quantitative estimate of drug-likeness (QED) is 0.462. The summed E-state index contributed by atoms with van der Waals surface area (Å²) in [5.41, 5.74) is 4.69. The van der Waals surface area contributed by atoms with E-state index in [1.54, 1.807) is 0 Å². The molecule has 0 bridgehead atoms. The van der Waals surface area contributed by atoms with Crippen LogP contribution in [0.5, 0.6) is 0 Å². The second kappa shape index (κ2) is 7.33. The van der Waals surface area contributed by atoms with Gasteiger partial charge in [0.1, 0.15) is 22.7 Å². The number of anilines is 1. The summed E-state index contributed by atoms with van der Waals surface area (Å²) in [4.78, 5) is 3.40. The first-order valence-corrected chi connectivity index (χ1v) is 8.53. The number of aliphatic hydroxyl groups excluding tert-OH is 1. The Bertz CT molecular complexity index is 892. The number of H-pyrrole nitrogens is 1. The zero-order valence-corrected chi connectivity index (χ0v) is 14.0. The van der Waals surface area contributed by atoms with Gasteiger partial charge in [-0.2, -0.15) is 9.66 Å². The van der Waals surface area contributed by atoms with Crippen LogP contribution in [-0.4, -0.2) is 23.2 Å². The van der Waals surface area contributed by atoms with E-state index in [-0.39, 0.29) is 6.61 Å². The maximum atomic E-state index is 9.67. The van der Waals surface area contributed by atoms with Crippen LogP contribution in [0.2, 0.25) is 0 Å². The maximum Gasteiger partial charge on any atom is 0.250 e. The number of aromatic amines is 1. The molecule has 124 valence electrons. The van der Waals surface area contributed by atoms with Crippen molar-refractivity contribution in [3.8, 4) is 6.07 Å². The first-order chi connectivity index (χ1) is 11.8. The Labute approximate surface area is 141 Å². The Morgan fingerprint density at radius 1 is 1.29 bits per heavy atom. The Morgan fingerprint density at radius 3 is 2.88 bits per heavy atom. The minimum atomic E-state index is 0.214. The molecule has 0 unspecified atom stereocenters. The molecule has 0 saturated carbocycles. The summed E-state index contributed by atoms with van der Waals surface area (Å²) < 4.78 is 2.09. The van der Waals surface area contributed by atoms with Crippen molar-refractivity contribution in [1.82, 2.24) is 4.98 Å². The molecular formula is C19H23N4O+. The van der Waals surface area contributed by atoms with Crippen LogP contribution >= 0.6 is 0 Å². The number of pyridine rings is 1. The van der Waals surface area contributed by atoms with E-state index in [9.17, 15) is 5.26 Å². The van der Waals surface area contributed by atoms with E-state index in [1.807, 2.05) is 18.2 Å². The lowest BCUT2D eigenvalue weighted by molar-refractivity contribution is -0.465. The number of fused-ring (bicyclic) bond motifs is 3. The van der Waals surface area contributed by atoms with Crippen molar-refractivity contribution in [3.05, 3.63) is 41.5 Å². The number of aryl methyl sites for hydroxylation is 1. The zero-order chi connectivity index (χ0) is 16.9. The third-order valence-electron chi connectivity index (χ3n) is 4.25. The van der Waals surface area contributed by atoms with E-state index in [0.717, 1.165) is 60.3 Å². The topological polar surface area (TPSA) is 75.9 Å². The SMILES string of the molecule is CCCc1cc(NCCCCO)[n+]2c([nH]c3ccccc32)c1C#N. The molecule has 24 heavy (non-hydrogen) atoms. The average Bonchev–Trinajstić information content (AvgIpc) is 2.98. The Kier molecular flexibility index (Phi) is 4.97. The summed E-state index contributed by atoms with van der Waals surface area (Å²) in [5, 5.41) is 22.1. The molecule has 0 aliphatic rings. The third kappa shape index (κ3) is 2.93. The number of nitrogens with zero attached hydrogens (tertiary/aromatic N) is 2. The van der Waals surface area contributed by atoms with E-state index in [2.05, 4.69) is 39.8 Å². The molecule has 0 amide bonds. The van der Waals surface area contributed by atoms with Gasteiger partial charge in [0.25, 0.3) is 0 Å². The van der Waals surface area contributed by atoms with E-state index < -0.39 is 0 Å². The highest BCUT2D eigenvalue weighted by atomic mass is 16.2. The monoisotopic (exact) mass is 323 g/mol. The van der Waals surface area contributed by atoms with Gasteiger partial charge < -0.3 is 10.4 Å². The maximum absolute atomic E-state index is 9.67. The first-order valence-electron chi connectivity index (χ1n) is 8.53. The smallest absolute Gasteiger partial charge is 0.250 e. The van der Waals surface area contributed by atoms with Gasteiger partial charge in [-0.15, -0.1) is 0 Å². The van der Waals surface area contributed by atoms with Gasteiger partial charge in [0.15, 0.2) is 0 Å². The van der Waals surface area contributed by atoms with Crippen molar-refractivity contribution < 1.29 is 9.51 Å². The largest absolute Gasteiger partial charge is 0.396 e. The number of rotatable bonds is 7. The molecule has 0 spiro atoms. The van der Waals surface area contributed by atoms with Crippen molar-refractivity contribution in [2.75, 3.05) is 18.5 Å². The van der Waals surface area contributed by atoms with Crippen LogP contribution in [0, 0.1) is 11.3 Å². The summed E-state index contributed by atoms with van der Waals surface area (Å²) in [6, 6.07) is 12.5. The minimum absolute atomic E-state index is 0.214. The number of nitriles is 1. The molecule has 0 saturated heterocycles. The molecule has 2 heterocycles. The normalized spacial score (nSPS) is 11.0. The molecule has 0 atom stereocenters. The number of hydrogen-bond donors (Lipinski definition) is 3. The van der Waals surface area contributed by atoms with Crippen molar-refractivity contribution in [2.24, 2.45) is 0 Å². The Hall–Kier alpha value is -2.58. The van der Waals surface area contributed by atoms with Crippen molar-refractivity contribution in [3.63, 3.8) is 0 Å². The Balaban J connectivity index is 2.18. The highest BCUT2D eigenvalue weighted by Gasteiger charge is 2.21. The molecule has 1 aromatic carbocycles. The molecular weight excluding hydrogens is 300 g/mol. The summed E-state index contributed by atoms with van der Waals surface area (Å²) in [6.07, 6.45) is 3.56. The highest BCUT2D eigenvalue weighted by molar-refractivity contribution is 5.77. The second-order valence-electron chi connectivity index (χ2n) is 5.98. The number of nitrogens with one attached hydrogen (secondary N) is 2. The molecule has 0 aliphatic carbocycles. The van der Waals surface area contributed by atoms with Gasteiger partial charge in [0.2, 0.25) is 11.5 Å². The van der Waals surface area contributed by atoms with Crippen molar-refractivity contribution in [2.45, 2.75) is 32.6 Å². The standard InChI is InChI=1S/C19H22N4O/c1-2-7-14-12-18(21-10-5-6-11-24)23-17-9-4-3-8-16(17)22-19(23)15(14)13-20/h3-4,8-9,12,24H,2,5-7,10-11H2,1H3,(H,21,22)/p+1. The van der Waals surface area contributed by atoms with Crippen LogP contribution in [0.1, 0.15) is 37.3 Å². The van der Waals surface area contributed by atoms with Crippen molar-refractivity contribution in [1.29, 1.82) is 5.26 Å². The van der Waals surface area contributed by atoms with Crippen molar-refractivity contribution >= 4 is 22.5 Å². The molecule has 5 heteroatoms. The highest BCUT2D eigenvalue weighted by Crippen LogP contribution is 2.21. The van der Waals surface area contributed by atoms with Gasteiger partial charge in [-0.3, -0.25) is 4.98 Å². The predicted molar refractivity (Wildman–Crippen MR) is 95.0 cm³/mol. The predicted octanol–water partition coefficient (Wildman–Crippen LogP) is 2.92. The number of imidazole rings is 1. The fourth-order valence-electron chi connectivity index (χ4n) is 3.13. The van der Waals surface area contributed by atoms with Crippen LogP contribution in [0.3, 0.4) is 0 Å². The number of aliphatic hydroxyl groups is 1. The summed E-state index contributed by atoms with van der Waals surface area (Å²) in [7, 11) is 0. The molecule has 0 aliphatic heterocycles. The second-order valence-corrected chi connectivity index (χ2v) is 5.98. The van der Waals surface area contributed by atoms with Gasteiger partial charge in [0.05, 0.1) is 6.54 Å². The van der Waals surface area contributed by atoms with Crippen LogP contribution in [0.25, 0.3) is 16.7 Å². The number of hydrogen-bond acceptors (Lipinski definition) is 3. The molecule has 0 radical (unpaired) electrons. The minimum Gasteiger partial charge on any atom is -0.396 e. The number of para-hydroxylation sites is 2. The van der Waals surface area contributed by atoms with E-state index >= 15 is 0 Å². The summed E-state index contributed by atoms with van der Waals surface area (Å²) in [5.74, 6) is 0.989. The molecule has 3 rings (SSSR count). The third-order valence-corrected chi connectivity index (χ3v) is 4.25. The van der Waals surface area contributed by atoms with Gasteiger partial charge in [-0.05, 0) is 37.0 Å². The van der Waals surface area contributed by atoms with E-state index in [4.69, 9.17) is 5.11 Å². The van der Waals surface area contributed by atoms with Gasteiger partial charge in [-0.25, -0.2) is 0 Å². The molecule has 2 aromatic heterocycles. The number of aromatic nitrogens is 2. The van der Waals surface area contributed by atoms with Gasteiger partial charge >= 0.3 is 0 Å². The number of unbranched alkanes of at least 4 members (excludes halogenated alkanes) is 1. The summed E-state index contributed by atoms with van der Waals surface area (Å²) in [6.45, 7) is 3.13. The van der Waals surface area contributed by atoms with Crippen LogP contribution in [0.15, 0.2) is 30.3 Å². The lowest BCUT2D eigenvalue weighted by Crippen LogP contribution is -2.28. The van der Waals surface area contributed by atoms with E-state index in [0.29, 0.717) is 5.56 Å². The van der Waals surface area contributed by atoms with Crippen LogP contribution in [0.4, 0.5) is 5.82 Å². The first kappa shape index (κ1) is 16.3. The molecule has 3 aromatic rings. The summed E-state index contributed by atoms with van der Waals surface area (Å²) >= 11 is 0. The molecule has 0 fully saturated rings. The van der Waals surface area contributed by atoms with Gasteiger partial charge in [0, 0.05) is 12.7 Å². The lowest BCUT2D eigenvalue weighted by Gasteiger charge is -2.08. The number of benzene rings is 1. The fourth-order valence-corrected chi connectivity index (χ4v) is 3.13. The Morgan fingerprint density at radius 2 is 2.12 bits per heavy atom. The fraction of sp³-hybridized carbons (Fsp3) is 0.368. The lowest BCUT2D eigenvalue weighted by atomic mass is 10.1. The molecule has 5 nitrogen and oxygen atoms in total. The van der Waals surface area contributed by atoms with Gasteiger partial charge in [-0.1, -0.05) is 25.5 Å². The van der Waals surface area contributed by atoms with E-state index in [1.165, 1.54) is 0 Å².